The molecule has 0 unspecified atom stereocenters. The molecule has 2 aromatic rings. The number of nitrogens with one attached hydrogen (secondary N) is 1. The standard InChI is InChI=1S/C13H11ClFNO3S/c14-13-5-4-12(6-9(13)8-17)20(18,19)16-11-3-1-2-10(15)7-11/h1-7,16-17H,8H2. The van der Waals surface area contributed by atoms with E-state index in [1.165, 1.54) is 36.4 Å². The lowest BCUT2D eigenvalue weighted by atomic mass is 10.2. The third-order valence-corrected chi connectivity index (χ3v) is 4.32. The zero-order valence-corrected chi connectivity index (χ0v) is 11.7. The summed E-state index contributed by atoms with van der Waals surface area (Å²) in [6.45, 7) is -0.373. The first-order chi connectivity index (χ1) is 9.42. The molecular weight excluding hydrogens is 305 g/mol. The first-order valence-electron chi connectivity index (χ1n) is 5.60. The van der Waals surface area contributed by atoms with Gasteiger partial charge in [0.2, 0.25) is 0 Å². The average Bonchev–Trinajstić information content (AvgIpc) is 2.38. The van der Waals surface area contributed by atoms with Gasteiger partial charge in [-0.05, 0) is 42.0 Å². The van der Waals surface area contributed by atoms with Gasteiger partial charge in [-0.3, -0.25) is 4.72 Å². The minimum absolute atomic E-state index is 0.0600. The maximum Gasteiger partial charge on any atom is 0.261 e. The van der Waals surface area contributed by atoms with Crippen molar-refractivity contribution in [1.29, 1.82) is 0 Å². The molecule has 0 bridgehead atoms. The number of benzene rings is 2. The van der Waals surface area contributed by atoms with Crippen LogP contribution in [0.5, 0.6) is 0 Å². The summed E-state index contributed by atoms with van der Waals surface area (Å²) in [5.74, 6) is -0.544. The molecule has 0 fully saturated rings. The van der Waals surface area contributed by atoms with Crippen LogP contribution >= 0.6 is 11.6 Å². The summed E-state index contributed by atoms with van der Waals surface area (Å²) in [7, 11) is -3.87. The Morgan fingerprint density at radius 3 is 2.60 bits per heavy atom. The van der Waals surface area contributed by atoms with E-state index in [1.54, 1.807) is 0 Å². The molecular formula is C13H11ClFNO3S. The quantitative estimate of drug-likeness (QED) is 0.911. The molecule has 0 aromatic heterocycles. The van der Waals surface area contributed by atoms with Crippen LogP contribution in [0.25, 0.3) is 0 Å². The molecule has 0 saturated heterocycles. The van der Waals surface area contributed by atoms with E-state index < -0.39 is 15.8 Å². The minimum atomic E-state index is -3.87. The lowest BCUT2D eigenvalue weighted by Crippen LogP contribution is -2.13. The van der Waals surface area contributed by atoms with Gasteiger partial charge in [0.05, 0.1) is 17.2 Å². The Hall–Kier alpha value is -1.63. The summed E-state index contributed by atoms with van der Waals surface area (Å²) in [4.78, 5) is -0.0600. The molecule has 0 radical (unpaired) electrons. The van der Waals surface area contributed by atoms with Gasteiger partial charge in [0.15, 0.2) is 0 Å². The van der Waals surface area contributed by atoms with Crippen molar-refractivity contribution in [2.24, 2.45) is 0 Å². The fourth-order valence-corrected chi connectivity index (χ4v) is 2.88. The maximum atomic E-state index is 13.0. The topological polar surface area (TPSA) is 66.4 Å². The van der Waals surface area contributed by atoms with Crippen molar-refractivity contribution < 1.29 is 17.9 Å². The van der Waals surface area contributed by atoms with E-state index in [-0.39, 0.29) is 22.2 Å². The molecule has 0 aliphatic rings. The molecule has 0 aliphatic carbocycles. The van der Waals surface area contributed by atoms with E-state index in [4.69, 9.17) is 16.7 Å². The van der Waals surface area contributed by atoms with Gasteiger partial charge in [-0.2, -0.15) is 0 Å². The fourth-order valence-electron chi connectivity index (χ4n) is 1.61. The summed E-state index contributed by atoms with van der Waals surface area (Å²) in [5.41, 5.74) is 0.416. The van der Waals surface area contributed by atoms with E-state index in [0.29, 0.717) is 5.56 Å². The molecule has 7 heteroatoms. The maximum absolute atomic E-state index is 13.0. The monoisotopic (exact) mass is 315 g/mol. The highest BCUT2D eigenvalue weighted by molar-refractivity contribution is 7.92. The van der Waals surface area contributed by atoms with Crippen molar-refractivity contribution in [3.8, 4) is 0 Å². The second-order valence-corrected chi connectivity index (χ2v) is 6.12. The Morgan fingerprint density at radius 2 is 1.95 bits per heavy atom. The van der Waals surface area contributed by atoms with Gasteiger partial charge in [0, 0.05) is 5.02 Å². The Kier molecular flexibility index (Phi) is 4.27. The lowest BCUT2D eigenvalue weighted by Gasteiger charge is -2.09. The number of sulfonamides is 1. The Bertz CT molecular complexity index is 734. The minimum Gasteiger partial charge on any atom is -0.392 e. The predicted octanol–water partition coefficient (Wildman–Crippen LogP) is 2.77. The first-order valence-corrected chi connectivity index (χ1v) is 7.46. The molecule has 2 N–H and O–H groups in total. The zero-order chi connectivity index (χ0) is 14.8. The molecule has 20 heavy (non-hydrogen) atoms. The van der Waals surface area contributed by atoms with Gasteiger partial charge < -0.3 is 5.11 Å². The highest BCUT2D eigenvalue weighted by atomic mass is 35.5. The number of anilines is 1. The number of aliphatic hydroxyl groups is 1. The van der Waals surface area contributed by atoms with Gasteiger partial charge in [0.1, 0.15) is 5.82 Å². The molecule has 0 aliphatic heterocycles. The van der Waals surface area contributed by atoms with Crippen molar-refractivity contribution in [2.75, 3.05) is 4.72 Å². The van der Waals surface area contributed by atoms with Gasteiger partial charge in [-0.25, -0.2) is 12.8 Å². The fraction of sp³-hybridized carbons (Fsp3) is 0.0769. The molecule has 2 aromatic carbocycles. The average molecular weight is 316 g/mol. The molecule has 0 atom stereocenters. The van der Waals surface area contributed by atoms with Gasteiger partial charge in [-0.15, -0.1) is 0 Å². The number of hydrogen-bond donors (Lipinski definition) is 2. The zero-order valence-electron chi connectivity index (χ0n) is 10.2. The summed E-state index contributed by atoms with van der Waals surface area (Å²) in [6, 6.07) is 9.07. The van der Waals surface area contributed by atoms with Crippen LogP contribution in [0.1, 0.15) is 5.56 Å². The third-order valence-electron chi connectivity index (χ3n) is 2.57. The Labute approximate surface area is 120 Å². The molecule has 2 rings (SSSR count). The van der Waals surface area contributed by atoms with Crippen LogP contribution in [-0.2, 0) is 16.6 Å². The second kappa shape index (κ2) is 5.78. The van der Waals surface area contributed by atoms with E-state index in [9.17, 15) is 12.8 Å². The van der Waals surface area contributed by atoms with Crippen LogP contribution in [0.3, 0.4) is 0 Å². The third kappa shape index (κ3) is 3.27. The van der Waals surface area contributed by atoms with Crippen LogP contribution < -0.4 is 4.72 Å². The van der Waals surface area contributed by atoms with Crippen LogP contribution in [0.15, 0.2) is 47.4 Å². The number of rotatable bonds is 4. The van der Waals surface area contributed by atoms with Crippen LogP contribution in [0, 0.1) is 5.82 Å². The van der Waals surface area contributed by atoms with Crippen molar-refractivity contribution in [3.63, 3.8) is 0 Å². The largest absolute Gasteiger partial charge is 0.392 e. The van der Waals surface area contributed by atoms with E-state index in [0.717, 1.165) is 6.07 Å². The van der Waals surface area contributed by atoms with Crippen LogP contribution in [0.2, 0.25) is 5.02 Å². The van der Waals surface area contributed by atoms with Crippen molar-refractivity contribution in [3.05, 3.63) is 58.9 Å². The highest BCUT2D eigenvalue weighted by Crippen LogP contribution is 2.22. The van der Waals surface area contributed by atoms with E-state index in [2.05, 4.69) is 4.72 Å². The summed E-state index contributed by atoms with van der Waals surface area (Å²) in [5, 5.41) is 9.36. The first kappa shape index (κ1) is 14.8. The number of aliphatic hydroxyl groups excluding tert-OH is 1. The SMILES string of the molecule is O=S(=O)(Nc1cccc(F)c1)c1ccc(Cl)c(CO)c1. The normalized spacial score (nSPS) is 11.3. The summed E-state index contributed by atoms with van der Waals surface area (Å²) < 4.78 is 39.6. The Balaban J connectivity index is 2.35. The molecule has 0 saturated carbocycles. The molecule has 0 heterocycles. The highest BCUT2D eigenvalue weighted by Gasteiger charge is 2.16. The van der Waals surface area contributed by atoms with Gasteiger partial charge >= 0.3 is 0 Å². The van der Waals surface area contributed by atoms with Gasteiger partial charge in [0.25, 0.3) is 10.0 Å². The number of hydrogen-bond acceptors (Lipinski definition) is 3. The van der Waals surface area contributed by atoms with E-state index >= 15 is 0 Å². The van der Waals surface area contributed by atoms with Crippen molar-refractivity contribution >= 4 is 27.3 Å². The van der Waals surface area contributed by atoms with Crippen molar-refractivity contribution in [1.82, 2.24) is 0 Å². The van der Waals surface area contributed by atoms with Gasteiger partial charge in [-0.1, -0.05) is 17.7 Å². The van der Waals surface area contributed by atoms with Crippen molar-refractivity contribution in [2.45, 2.75) is 11.5 Å². The van der Waals surface area contributed by atoms with Crippen LogP contribution in [-0.4, -0.2) is 13.5 Å². The molecule has 0 spiro atoms. The molecule has 106 valence electrons. The second-order valence-electron chi connectivity index (χ2n) is 4.03. The molecule has 0 amide bonds. The Morgan fingerprint density at radius 1 is 1.20 bits per heavy atom. The lowest BCUT2D eigenvalue weighted by molar-refractivity contribution is 0.281. The predicted molar refractivity (Wildman–Crippen MR) is 74.6 cm³/mol. The number of halogens is 2. The van der Waals surface area contributed by atoms with Crippen LogP contribution in [0.4, 0.5) is 10.1 Å². The summed E-state index contributed by atoms with van der Waals surface area (Å²) in [6.07, 6.45) is 0. The summed E-state index contributed by atoms with van der Waals surface area (Å²) >= 11 is 5.80. The van der Waals surface area contributed by atoms with E-state index in [1.807, 2.05) is 0 Å². The smallest absolute Gasteiger partial charge is 0.261 e. The molecule has 4 nitrogen and oxygen atoms in total.